The van der Waals surface area contributed by atoms with Gasteiger partial charge >= 0.3 is 0 Å². The fraction of sp³-hybridized carbons (Fsp3) is 1.00. The number of fused-ring (bicyclic) bond motifs is 2. The van der Waals surface area contributed by atoms with Gasteiger partial charge in [-0.3, -0.25) is 9.80 Å². The Hall–Kier alpha value is -0.160. The molecule has 0 aromatic carbocycles. The first-order valence-electron chi connectivity index (χ1n) is 9.24. The summed E-state index contributed by atoms with van der Waals surface area (Å²) in [4.78, 5) is 8.29. The summed E-state index contributed by atoms with van der Waals surface area (Å²) in [5.41, 5.74) is 6.66. The molecular formula is C17H32N4. The first kappa shape index (κ1) is 14.4. The summed E-state index contributed by atoms with van der Waals surface area (Å²) in [6.07, 6.45) is 9.69. The maximum atomic E-state index is 6.35. The number of nitrogens with two attached hydrogens (primary N) is 1. The molecule has 4 nitrogen and oxygen atoms in total. The normalized spacial score (nSPS) is 42.7. The molecule has 2 N–H and O–H groups in total. The van der Waals surface area contributed by atoms with Crippen molar-refractivity contribution in [1.29, 1.82) is 0 Å². The molecule has 4 rings (SSSR count). The van der Waals surface area contributed by atoms with Gasteiger partial charge in [0, 0.05) is 50.3 Å². The molecule has 4 aliphatic heterocycles. The van der Waals surface area contributed by atoms with Gasteiger partial charge < -0.3 is 10.6 Å². The number of rotatable bonds is 2. The average molecular weight is 292 g/mol. The lowest BCUT2D eigenvalue weighted by atomic mass is 9.80. The highest BCUT2D eigenvalue weighted by Gasteiger charge is 2.46. The Bertz CT molecular complexity index is 374. The van der Waals surface area contributed by atoms with E-state index in [1.807, 2.05) is 0 Å². The Labute approximate surface area is 129 Å². The highest BCUT2D eigenvalue weighted by molar-refractivity contribution is 5.04. The van der Waals surface area contributed by atoms with Gasteiger partial charge in [0.1, 0.15) is 0 Å². The van der Waals surface area contributed by atoms with Crippen LogP contribution in [-0.2, 0) is 0 Å². The number of hydrogen-bond donors (Lipinski definition) is 1. The van der Waals surface area contributed by atoms with Crippen LogP contribution in [0.1, 0.15) is 44.9 Å². The molecular weight excluding hydrogens is 260 g/mol. The molecule has 0 aromatic rings. The van der Waals surface area contributed by atoms with Gasteiger partial charge in [0.25, 0.3) is 0 Å². The van der Waals surface area contributed by atoms with Gasteiger partial charge in [-0.1, -0.05) is 6.42 Å². The SMILES string of the molecule is NCC1(N2CCN3CCCCC3C2)CCN2CCCC2C1. The summed E-state index contributed by atoms with van der Waals surface area (Å²) in [6.45, 7) is 8.63. The summed E-state index contributed by atoms with van der Waals surface area (Å²) < 4.78 is 0. The van der Waals surface area contributed by atoms with Gasteiger partial charge in [-0.2, -0.15) is 0 Å². The zero-order valence-electron chi connectivity index (χ0n) is 13.5. The van der Waals surface area contributed by atoms with Crippen LogP contribution >= 0.6 is 0 Å². The van der Waals surface area contributed by atoms with Crippen molar-refractivity contribution < 1.29 is 0 Å². The molecule has 0 radical (unpaired) electrons. The summed E-state index contributed by atoms with van der Waals surface area (Å²) >= 11 is 0. The van der Waals surface area contributed by atoms with E-state index in [9.17, 15) is 0 Å². The number of nitrogens with zero attached hydrogens (tertiary/aromatic N) is 3. The van der Waals surface area contributed by atoms with Gasteiger partial charge in [0.2, 0.25) is 0 Å². The maximum absolute atomic E-state index is 6.35. The zero-order chi connectivity index (χ0) is 14.3. The van der Waals surface area contributed by atoms with E-state index in [4.69, 9.17) is 5.73 Å². The molecule has 0 spiro atoms. The second-order valence-corrected chi connectivity index (χ2v) is 7.85. The van der Waals surface area contributed by atoms with E-state index in [0.29, 0.717) is 5.54 Å². The monoisotopic (exact) mass is 292 g/mol. The Morgan fingerprint density at radius 2 is 1.67 bits per heavy atom. The van der Waals surface area contributed by atoms with Crippen LogP contribution in [0.15, 0.2) is 0 Å². The second-order valence-electron chi connectivity index (χ2n) is 7.85. The van der Waals surface area contributed by atoms with Crippen molar-refractivity contribution in [3.05, 3.63) is 0 Å². The number of hydrogen-bond acceptors (Lipinski definition) is 4. The second kappa shape index (κ2) is 5.80. The van der Waals surface area contributed by atoms with Crippen molar-refractivity contribution >= 4 is 0 Å². The first-order valence-corrected chi connectivity index (χ1v) is 9.24. The summed E-state index contributed by atoms with van der Waals surface area (Å²) in [7, 11) is 0. The average Bonchev–Trinajstić information content (AvgIpc) is 3.01. The van der Waals surface area contributed by atoms with Crippen molar-refractivity contribution in [3.8, 4) is 0 Å². The molecule has 4 fully saturated rings. The van der Waals surface area contributed by atoms with E-state index in [-0.39, 0.29) is 0 Å². The zero-order valence-corrected chi connectivity index (χ0v) is 13.5. The van der Waals surface area contributed by atoms with Crippen molar-refractivity contribution in [3.63, 3.8) is 0 Å². The molecule has 0 aliphatic carbocycles. The number of piperidine rings is 2. The quantitative estimate of drug-likeness (QED) is 0.827. The van der Waals surface area contributed by atoms with Gasteiger partial charge in [0.15, 0.2) is 0 Å². The third kappa shape index (κ3) is 2.54. The van der Waals surface area contributed by atoms with Gasteiger partial charge in [-0.25, -0.2) is 0 Å². The fourth-order valence-corrected chi connectivity index (χ4v) is 5.50. The van der Waals surface area contributed by atoms with Crippen LogP contribution in [0.3, 0.4) is 0 Å². The lowest BCUT2D eigenvalue weighted by Crippen LogP contribution is -2.67. The van der Waals surface area contributed by atoms with Crippen LogP contribution in [0.25, 0.3) is 0 Å². The highest BCUT2D eigenvalue weighted by Crippen LogP contribution is 2.38. The van der Waals surface area contributed by atoms with E-state index >= 15 is 0 Å². The summed E-state index contributed by atoms with van der Waals surface area (Å²) in [6, 6.07) is 1.64. The Balaban J connectivity index is 1.47. The standard InChI is InChI=1S/C17H32N4/c18-14-17(6-9-19-8-3-5-15(19)12-17)21-11-10-20-7-2-1-4-16(20)13-21/h15-16H,1-14,18H2. The minimum Gasteiger partial charge on any atom is -0.329 e. The van der Waals surface area contributed by atoms with Crippen molar-refractivity contribution in [2.45, 2.75) is 62.6 Å². The smallest absolute Gasteiger partial charge is 0.0359 e. The van der Waals surface area contributed by atoms with Gasteiger partial charge in [0.05, 0.1) is 0 Å². The molecule has 3 unspecified atom stereocenters. The lowest BCUT2D eigenvalue weighted by Gasteiger charge is -2.55. The van der Waals surface area contributed by atoms with Crippen LogP contribution < -0.4 is 5.73 Å². The van der Waals surface area contributed by atoms with E-state index in [0.717, 1.165) is 18.6 Å². The van der Waals surface area contributed by atoms with Crippen LogP contribution in [0, 0.1) is 0 Å². The molecule has 120 valence electrons. The van der Waals surface area contributed by atoms with Gasteiger partial charge in [-0.05, 0) is 51.6 Å². The maximum Gasteiger partial charge on any atom is 0.0359 e. The molecule has 3 atom stereocenters. The number of piperazine rings is 1. The fourth-order valence-electron chi connectivity index (χ4n) is 5.50. The Morgan fingerprint density at radius 1 is 0.857 bits per heavy atom. The molecule has 0 bridgehead atoms. The van der Waals surface area contributed by atoms with E-state index in [1.165, 1.54) is 84.2 Å². The molecule has 0 saturated carbocycles. The van der Waals surface area contributed by atoms with E-state index in [2.05, 4.69) is 14.7 Å². The minimum absolute atomic E-state index is 0.315. The highest BCUT2D eigenvalue weighted by atomic mass is 15.3. The van der Waals surface area contributed by atoms with Crippen molar-refractivity contribution in [2.24, 2.45) is 5.73 Å². The van der Waals surface area contributed by atoms with Crippen LogP contribution in [0.4, 0.5) is 0 Å². The van der Waals surface area contributed by atoms with E-state index < -0.39 is 0 Å². The third-order valence-electron chi connectivity index (χ3n) is 6.87. The molecule has 21 heavy (non-hydrogen) atoms. The third-order valence-corrected chi connectivity index (χ3v) is 6.87. The molecule has 4 heteroatoms. The minimum atomic E-state index is 0.315. The van der Waals surface area contributed by atoms with Crippen LogP contribution in [0.2, 0.25) is 0 Å². The van der Waals surface area contributed by atoms with Crippen LogP contribution in [-0.4, -0.2) is 78.1 Å². The predicted molar refractivity (Wildman–Crippen MR) is 86.4 cm³/mol. The lowest BCUT2D eigenvalue weighted by molar-refractivity contribution is -0.0453. The summed E-state index contributed by atoms with van der Waals surface area (Å²) in [5.74, 6) is 0. The van der Waals surface area contributed by atoms with Gasteiger partial charge in [-0.15, -0.1) is 0 Å². The molecule has 0 aromatic heterocycles. The Morgan fingerprint density at radius 3 is 2.57 bits per heavy atom. The first-order chi connectivity index (χ1) is 10.3. The molecule has 0 amide bonds. The molecule has 4 aliphatic rings. The topological polar surface area (TPSA) is 35.7 Å². The van der Waals surface area contributed by atoms with Crippen molar-refractivity contribution in [1.82, 2.24) is 14.7 Å². The predicted octanol–water partition coefficient (Wildman–Crippen LogP) is 1.11. The summed E-state index contributed by atoms with van der Waals surface area (Å²) in [5, 5.41) is 0. The molecule has 4 heterocycles. The Kier molecular flexibility index (Phi) is 3.99. The van der Waals surface area contributed by atoms with Crippen molar-refractivity contribution in [2.75, 3.05) is 45.8 Å². The van der Waals surface area contributed by atoms with Crippen LogP contribution in [0.5, 0.6) is 0 Å². The molecule has 4 saturated heterocycles. The van der Waals surface area contributed by atoms with E-state index in [1.54, 1.807) is 0 Å². The largest absolute Gasteiger partial charge is 0.329 e.